The number of anilines is 1. The smallest absolute Gasteiger partial charge is 0.319 e. The largest absolute Gasteiger partial charge is 0.437 e. The van der Waals surface area contributed by atoms with E-state index in [-0.39, 0.29) is 28.9 Å². The van der Waals surface area contributed by atoms with E-state index in [1.807, 2.05) is 17.5 Å². The third kappa shape index (κ3) is 4.73. The van der Waals surface area contributed by atoms with Gasteiger partial charge in [-0.15, -0.1) is 11.3 Å². The lowest BCUT2D eigenvalue weighted by Crippen LogP contribution is -2.17. The van der Waals surface area contributed by atoms with Crippen molar-refractivity contribution in [2.45, 2.75) is 19.6 Å². The first-order valence-corrected chi connectivity index (χ1v) is 12.1. The molecular formula is C27H17F4N5OS. The number of hydrogen-bond donors (Lipinski definition) is 1. The molecule has 0 aliphatic rings. The third-order valence-corrected chi connectivity index (χ3v) is 6.84. The first kappa shape index (κ1) is 25.1. The molecule has 0 unspecified atom stereocenters. The number of nitriles is 1. The van der Waals surface area contributed by atoms with Gasteiger partial charge in [-0.3, -0.25) is 9.48 Å². The first-order chi connectivity index (χ1) is 18.2. The molecule has 11 heteroatoms. The average Bonchev–Trinajstić information content (AvgIpc) is 3.54. The van der Waals surface area contributed by atoms with Gasteiger partial charge in [0.25, 0.3) is 5.91 Å². The lowest BCUT2D eigenvalue weighted by Gasteiger charge is -2.12. The third-order valence-electron chi connectivity index (χ3n) is 5.95. The number of para-hydroxylation sites is 1. The van der Waals surface area contributed by atoms with Crippen LogP contribution in [0.2, 0.25) is 0 Å². The highest BCUT2D eigenvalue weighted by atomic mass is 32.1. The molecule has 6 nitrogen and oxygen atoms in total. The minimum absolute atomic E-state index is 0.00808. The molecular weight excluding hydrogens is 518 g/mol. The number of carbonyl (C=O) groups is 1. The van der Waals surface area contributed by atoms with Gasteiger partial charge in [-0.25, -0.2) is 9.37 Å². The molecule has 0 aliphatic heterocycles. The van der Waals surface area contributed by atoms with Gasteiger partial charge in [-0.2, -0.15) is 23.5 Å². The maximum absolute atomic E-state index is 14.4. The van der Waals surface area contributed by atoms with Crippen LogP contribution in [-0.2, 0) is 12.7 Å². The fourth-order valence-electron chi connectivity index (χ4n) is 4.05. The van der Waals surface area contributed by atoms with Crippen LogP contribution in [0.3, 0.4) is 0 Å². The molecule has 5 aromatic rings. The van der Waals surface area contributed by atoms with Crippen molar-refractivity contribution in [3.63, 3.8) is 0 Å². The number of rotatable bonds is 5. The van der Waals surface area contributed by atoms with Crippen LogP contribution in [0.4, 0.5) is 23.2 Å². The van der Waals surface area contributed by atoms with Crippen molar-refractivity contribution < 1.29 is 22.4 Å². The van der Waals surface area contributed by atoms with Gasteiger partial charge in [0, 0.05) is 10.9 Å². The summed E-state index contributed by atoms with van der Waals surface area (Å²) in [5, 5.41) is 17.3. The second-order valence-corrected chi connectivity index (χ2v) is 9.33. The zero-order valence-corrected chi connectivity index (χ0v) is 20.5. The Morgan fingerprint density at radius 1 is 1.13 bits per heavy atom. The molecule has 3 aromatic heterocycles. The molecule has 1 amide bonds. The molecule has 1 N–H and O–H groups in total. The van der Waals surface area contributed by atoms with Crippen LogP contribution in [0.25, 0.3) is 21.5 Å². The van der Waals surface area contributed by atoms with Crippen LogP contribution in [0, 0.1) is 24.1 Å². The van der Waals surface area contributed by atoms with E-state index >= 15 is 0 Å². The summed E-state index contributed by atoms with van der Waals surface area (Å²) in [6.45, 7) is 1.03. The zero-order chi connectivity index (χ0) is 27.0. The molecule has 5 rings (SSSR count). The molecule has 0 atom stereocenters. The Bertz CT molecular complexity index is 1720. The van der Waals surface area contributed by atoms with Gasteiger partial charge in [0.05, 0.1) is 51.2 Å². The van der Waals surface area contributed by atoms with Gasteiger partial charge in [0.15, 0.2) is 5.69 Å². The summed E-state index contributed by atoms with van der Waals surface area (Å²) < 4.78 is 57.3. The fraction of sp³-hybridized carbons (Fsp3) is 0.111. The molecule has 38 heavy (non-hydrogen) atoms. The lowest BCUT2D eigenvalue weighted by atomic mass is 10.1. The topological polar surface area (TPSA) is 83.6 Å². The number of aromatic nitrogens is 3. The molecule has 0 bridgehead atoms. The second kappa shape index (κ2) is 9.72. The maximum atomic E-state index is 14.4. The minimum atomic E-state index is -4.88. The minimum Gasteiger partial charge on any atom is -0.319 e. The van der Waals surface area contributed by atoms with Gasteiger partial charge in [-0.05, 0) is 42.6 Å². The Labute approximate surface area is 217 Å². The summed E-state index contributed by atoms with van der Waals surface area (Å²) in [6.07, 6.45) is -4.88. The van der Waals surface area contributed by atoms with Crippen LogP contribution in [0.1, 0.15) is 32.9 Å². The molecule has 3 heterocycles. The van der Waals surface area contributed by atoms with Crippen LogP contribution in [0.15, 0.2) is 66.0 Å². The van der Waals surface area contributed by atoms with Crippen molar-refractivity contribution in [1.82, 2.24) is 14.8 Å². The molecule has 2 aromatic carbocycles. The Morgan fingerprint density at radius 3 is 2.61 bits per heavy atom. The normalized spacial score (nSPS) is 11.5. The SMILES string of the molecule is Cc1c(NC(=O)c2cc(-c3cccs3)nc3ccccc23)c(C(F)(F)F)nn1Cc1ccc(C#N)cc1F. The molecule has 190 valence electrons. The van der Waals surface area contributed by atoms with Gasteiger partial charge in [0.1, 0.15) is 5.82 Å². The predicted molar refractivity (Wildman–Crippen MR) is 135 cm³/mol. The Balaban J connectivity index is 1.56. The zero-order valence-electron chi connectivity index (χ0n) is 19.7. The van der Waals surface area contributed by atoms with E-state index in [0.29, 0.717) is 16.6 Å². The van der Waals surface area contributed by atoms with Crippen molar-refractivity contribution in [2.75, 3.05) is 5.32 Å². The monoisotopic (exact) mass is 535 g/mol. The molecule has 0 saturated carbocycles. The summed E-state index contributed by atoms with van der Waals surface area (Å²) in [4.78, 5) is 18.8. The van der Waals surface area contributed by atoms with Crippen molar-refractivity contribution in [1.29, 1.82) is 5.26 Å². The van der Waals surface area contributed by atoms with Crippen LogP contribution in [0.5, 0.6) is 0 Å². The van der Waals surface area contributed by atoms with Crippen LogP contribution >= 0.6 is 11.3 Å². The van der Waals surface area contributed by atoms with Crippen LogP contribution in [-0.4, -0.2) is 20.7 Å². The molecule has 0 aliphatic carbocycles. The van der Waals surface area contributed by atoms with Crippen molar-refractivity contribution in [2.24, 2.45) is 0 Å². The van der Waals surface area contributed by atoms with Crippen molar-refractivity contribution in [3.8, 4) is 16.6 Å². The number of nitrogens with zero attached hydrogens (tertiary/aromatic N) is 4. The molecule has 0 saturated heterocycles. The summed E-state index contributed by atoms with van der Waals surface area (Å²) in [5.41, 5.74) is -0.513. The van der Waals surface area contributed by atoms with E-state index in [2.05, 4.69) is 15.4 Å². The Kier molecular flexibility index (Phi) is 6.42. The predicted octanol–water partition coefficient (Wildman–Crippen LogP) is 6.80. The van der Waals surface area contributed by atoms with E-state index in [9.17, 15) is 22.4 Å². The van der Waals surface area contributed by atoms with E-state index in [1.54, 1.807) is 36.4 Å². The Morgan fingerprint density at radius 2 is 1.92 bits per heavy atom. The number of pyridine rings is 1. The van der Waals surface area contributed by atoms with E-state index in [0.717, 1.165) is 15.6 Å². The van der Waals surface area contributed by atoms with Crippen molar-refractivity contribution >= 4 is 33.8 Å². The molecule has 0 radical (unpaired) electrons. The van der Waals surface area contributed by atoms with Gasteiger partial charge in [-0.1, -0.05) is 30.3 Å². The van der Waals surface area contributed by atoms with E-state index in [4.69, 9.17) is 5.26 Å². The van der Waals surface area contributed by atoms with Crippen molar-refractivity contribution in [3.05, 3.63) is 99.9 Å². The van der Waals surface area contributed by atoms with Crippen LogP contribution < -0.4 is 5.32 Å². The first-order valence-electron chi connectivity index (χ1n) is 11.2. The number of amides is 1. The number of fused-ring (bicyclic) bond motifs is 1. The number of thiophene rings is 1. The summed E-state index contributed by atoms with van der Waals surface area (Å²) >= 11 is 1.42. The second-order valence-electron chi connectivity index (χ2n) is 8.39. The number of hydrogen-bond acceptors (Lipinski definition) is 5. The molecule has 0 spiro atoms. The standard InChI is InChI=1S/C27H17F4N5OS/c1-15-24(25(27(29,30)31)35-36(15)14-17-9-8-16(13-32)11-20(17)28)34-26(37)19-12-22(23-7-4-10-38-23)33-21-6-3-2-5-18(19)21/h2-12H,14H2,1H3,(H,34,37). The molecule has 0 fully saturated rings. The number of nitrogens with one attached hydrogen (secondary N) is 1. The van der Waals surface area contributed by atoms with Gasteiger partial charge < -0.3 is 5.32 Å². The van der Waals surface area contributed by atoms with E-state index in [1.165, 1.54) is 30.4 Å². The van der Waals surface area contributed by atoms with Gasteiger partial charge in [0.2, 0.25) is 0 Å². The summed E-state index contributed by atoms with van der Waals surface area (Å²) in [5.74, 6) is -1.51. The number of benzene rings is 2. The fourth-order valence-corrected chi connectivity index (χ4v) is 4.74. The van der Waals surface area contributed by atoms with Gasteiger partial charge >= 0.3 is 6.18 Å². The summed E-state index contributed by atoms with van der Waals surface area (Å²) in [7, 11) is 0. The lowest BCUT2D eigenvalue weighted by molar-refractivity contribution is -0.140. The summed E-state index contributed by atoms with van der Waals surface area (Å²) in [6, 6.07) is 17.6. The highest BCUT2D eigenvalue weighted by Gasteiger charge is 2.39. The maximum Gasteiger partial charge on any atom is 0.437 e. The van der Waals surface area contributed by atoms with E-state index < -0.39 is 29.3 Å². The highest BCUT2D eigenvalue weighted by Crippen LogP contribution is 2.37. The number of halogens is 4. The Hall–Kier alpha value is -4.56. The quantitative estimate of drug-likeness (QED) is 0.251. The highest BCUT2D eigenvalue weighted by molar-refractivity contribution is 7.13. The average molecular weight is 536 g/mol. The number of alkyl halides is 3. The number of carbonyl (C=O) groups excluding carboxylic acids is 1.